The maximum atomic E-state index is 12.5. The van der Waals surface area contributed by atoms with Gasteiger partial charge in [0.25, 0.3) is 0 Å². The molecule has 0 fully saturated rings. The summed E-state index contributed by atoms with van der Waals surface area (Å²) in [6.07, 6.45) is 0. The van der Waals surface area contributed by atoms with Gasteiger partial charge in [-0.05, 0) is 36.7 Å². The summed E-state index contributed by atoms with van der Waals surface area (Å²) in [4.78, 5) is 12.5. The van der Waals surface area contributed by atoms with Crippen LogP contribution in [0.2, 0.25) is 10.0 Å². The molecule has 2 N–H and O–H groups in total. The standard InChI is InChI=1S/C16H18Cl2N2O2S/c1-8(2)7-22-15(21)12-9(3)19-16(23)20-14(12)10-5-4-6-11(17)13(10)18/h4-6,8,14H,7H2,1-3H3,(H2,19,20,23)/t14-/m1/s1. The Bertz CT molecular complexity index is 674. The summed E-state index contributed by atoms with van der Waals surface area (Å²) in [5, 5.41) is 7.25. The minimum atomic E-state index is -0.505. The van der Waals surface area contributed by atoms with Crippen LogP contribution in [0, 0.1) is 5.92 Å². The second-order valence-electron chi connectivity index (χ2n) is 5.71. The number of allylic oxidation sites excluding steroid dienone is 1. The lowest BCUT2D eigenvalue weighted by molar-refractivity contribution is -0.140. The largest absolute Gasteiger partial charge is 0.462 e. The molecule has 4 nitrogen and oxygen atoms in total. The van der Waals surface area contributed by atoms with Gasteiger partial charge >= 0.3 is 5.97 Å². The highest BCUT2D eigenvalue weighted by Crippen LogP contribution is 2.35. The fraction of sp³-hybridized carbons (Fsp3) is 0.375. The van der Waals surface area contributed by atoms with E-state index in [0.717, 1.165) is 0 Å². The van der Waals surface area contributed by atoms with Crippen LogP contribution in [-0.4, -0.2) is 17.7 Å². The van der Waals surface area contributed by atoms with Crippen molar-refractivity contribution in [1.29, 1.82) is 0 Å². The zero-order chi connectivity index (χ0) is 17.1. The SMILES string of the molecule is CC1=C(C(=O)OCC(C)C)[C@@H](c2cccc(Cl)c2Cl)NC(=S)N1. The molecule has 1 heterocycles. The van der Waals surface area contributed by atoms with Crippen LogP contribution in [0.3, 0.4) is 0 Å². The van der Waals surface area contributed by atoms with E-state index in [1.165, 1.54) is 0 Å². The Labute approximate surface area is 151 Å². The van der Waals surface area contributed by atoms with E-state index in [1.54, 1.807) is 19.1 Å². The summed E-state index contributed by atoms with van der Waals surface area (Å²) in [6.45, 7) is 6.08. The number of ether oxygens (including phenoxy) is 1. The Morgan fingerprint density at radius 1 is 1.39 bits per heavy atom. The maximum Gasteiger partial charge on any atom is 0.338 e. The Balaban J connectivity index is 2.42. The van der Waals surface area contributed by atoms with Crippen LogP contribution in [0.1, 0.15) is 32.4 Å². The van der Waals surface area contributed by atoms with Gasteiger partial charge in [0.1, 0.15) is 0 Å². The van der Waals surface area contributed by atoms with E-state index < -0.39 is 12.0 Å². The second kappa shape index (κ2) is 7.51. The lowest BCUT2D eigenvalue weighted by atomic mass is 9.95. The van der Waals surface area contributed by atoms with Crippen LogP contribution in [0.5, 0.6) is 0 Å². The van der Waals surface area contributed by atoms with Gasteiger partial charge in [-0.15, -0.1) is 0 Å². The first-order valence-electron chi connectivity index (χ1n) is 7.20. The fourth-order valence-corrected chi connectivity index (χ4v) is 2.95. The molecule has 0 unspecified atom stereocenters. The van der Waals surface area contributed by atoms with Gasteiger partial charge in [-0.1, -0.05) is 49.2 Å². The number of hydrogen-bond acceptors (Lipinski definition) is 3. The molecule has 0 bridgehead atoms. The van der Waals surface area contributed by atoms with E-state index in [2.05, 4.69) is 10.6 Å². The first-order valence-corrected chi connectivity index (χ1v) is 8.37. The molecular weight excluding hydrogens is 355 g/mol. The summed E-state index contributed by atoms with van der Waals surface area (Å²) >= 11 is 17.6. The fourth-order valence-electron chi connectivity index (χ4n) is 2.26. The lowest BCUT2D eigenvalue weighted by Gasteiger charge is -2.30. The molecule has 7 heteroatoms. The summed E-state index contributed by atoms with van der Waals surface area (Å²) in [5.74, 6) is -0.154. The van der Waals surface area contributed by atoms with Crippen molar-refractivity contribution in [1.82, 2.24) is 10.6 Å². The number of esters is 1. The van der Waals surface area contributed by atoms with E-state index in [-0.39, 0.29) is 5.92 Å². The minimum absolute atomic E-state index is 0.249. The second-order valence-corrected chi connectivity index (χ2v) is 6.90. The third-order valence-corrected chi connectivity index (χ3v) is 4.38. The van der Waals surface area contributed by atoms with Crippen LogP contribution >= 0.6 is 35.4 Å². The lowest BCUT2D eigenvalue weighted by Crippen LogP contribution is -2.45. The van der Waals surface area contributed by atoms with E-state index in [4.69, 9.17) is 40.2 Å². The number of nitrogens with one attached hydrogen (secondary N) is 2. The van der Waals surface area contributed by atoms with E-state index in [1.807, 2.05) is 19.9 Å². The molecule has 1 aliphatic heterocycles. The molecule has 0 saturated carbocycles. The summed E-state index contributed by atoms with van der Waals surface area (Å²) < 4.78 is 5.37. The number of hydrogen-bond donors (Lipinski definition) is 2. The van der Waals surface area contributed by atoms with Crippen molar-refractivity contribution in [2.45, 2.75) is 26.8 Å². The Morgan fingerprint density at radius 2 is 2.09 bits per heavy atom. The number of carbonyl (C=O) groups is 1. The topological polar surface area (TPSA) is 50.4 Å². The van der Waals surface area contributed by atoms with Gasteiger partial charge in [-0.2, -0.15) is 0 Å². The van der Waals surface area contributed by atoms with Gasteiger partial charge in [0, 0.05) is 5.70 Å². The molecule has 1 atom stereocenters. The van der Waals surface area contributed by atoms with Gasteiger partial charge in [-0.3, -0.25) is 0 Å². The highest BCUT2D eigenvalue weighted by Gasteiger charge is 2.32. The third-order valence-electron chi connectivity index (χ3n) is 3.33. The van der Waals surface area contributed by atoms with Gasteiger partial charge in [0.15, 0.2) is 5.11 Å². The Kier molecular flexibility index (Phi) is 5.89. The molecule has 0 saturated heterocycles. The Morgan fingerprint density at radius 3 is 2.74 bits per heavy atom. The van der Waals surface area contributed by atoms with Gasteiger partial charge in [0.05, 0.1) is 28.3 Å². The van der Waals surface area contributed by atoms with Gasteiger partial charge in [-0.25, -0.2) is 4.79 Å². The van der Waals surface area contributed by atoms with Crippen LogP contribution in [0.15, 0.2) is 29.5 Å². The average Bonchev–Trinajstić information content (AvgIpc) is 2.47. The summed E-state index contributed by atoms with van der Waals surface area (Å²) in [5.41, 5.74) is 1.77. The highest BCUT2D eigenvalue weighted by molar-refractivity contribution is 7.80. The molecule has 0 amide bonds. The molecule has 1 aliphatic rings. The van der Waals surface area contributed by atoms with Gasteiger partial charge < -0.3 is 15.4 Å². The van der Waals surface area contributed by atoms with Crippen molar-refractivity contribution in [2.24, 2.45) is 5.92 Å². The number of halogens is 2. The van der Waals surface area contributed by atoms with Gasteiger partial charge in [0.2, 0.25) is 0 Å². The number of carbonyl (C=O) groups excluding carboxylic acids is 1. The Hall–Kier alpha value is -1.30. The third kappa shape index (κ3) is 4.16. The van der Waals surface area contributed by atoms with Crippen molar-refractivity contribution in [3.05, 3.63) is 45.1 Å². The van der Waals surface area contributed by atoms with Crippen molar-refractivity contribution < 1.29 is 9.53 Å². The molecule has 2 rings (SSSR count). The minimum Gasteiger partial charge on any atom is -0.462 e. The van der Waals surface area contributed by atoms with E-state index >= 15 is 0 Å². The molecule has 0 radical (unpaired) electrons. The molecule has 1 aromatic rings. The quantitative estimate of drug-likeness (QED) is 0.618. The first kappa shape index (κ1) is 18.0. The number of rotatable bonds is 4. The molecule has 0 aromatic heterocycles. The van der Waals surface area contributed by atoms with Crippen LogP contribution in [0.4, 0.5) is 0 Å². The van der Waals surface area contributed by atoms with E-state index in [0.29, 0.717) is 38.6 Å². The number of benzene rings is 1. The smallest absolute Gasteiger partial charge is 0.338 e. The molecule has 0 aliphatic carbocycles. The van der Waals surface area contributed by atoms with E-state index in [9.17, 15) is 4.79 Å². The van der Waals surface area contributed by atoms with Crippen molar-refractivity contribution in [3.8, 4) is 0 Å². The van der Waals surface area contributed by atoms with Crippen LogP contribution in [0.25, 0.3) is 0 Å². The molecule has 0 spiro atoms. The highest BCUT2D eigenvalue weighted by atomic mass is 35.5. The van der Waals surface area contributed by atoms with Crippen molar-refractivity contribution in [2.75, 3.05) is 6.61 Å². The van der Waals surface area contributed by atoms with Crippen molar-refractivity contribution >= 4 is 46.5 Å². The summed E-state index contributed by atoms with van der Waals surface area (Å²) in [7, 11) is 0. The number of thiocarbonyl (C=S) groups is 1. The monoisotopic (exact) mass is 372 g/mol. The zero-order valence-electron chi connectivity index (χ0n) is 13.1. The zero-order valence-corrected chi connectivity index (χ0v) is 15.4. The predicted molar refractivity (Wildman–Crippen MR) is 96.6 cm³/mol. The molecule has 23 heavy (non-hydrogen) atoms. The summed E-state index contributed by atoms with van der Waals surface area (Å²) in [6, 6.07) is 4.78. The normalized spacial score (nSPS) is 17.8. The van der Waals surface area contributed by atoms with Crippen molar-refractivity contribution in [3.63, 3.8) is 0 Å². The van der Waals surface area contributed by atoms with Crippen LogP contribution < -0.4 is 10.6 Å². The predicted octanol–water partition coefficient (Wildman–Crippen LogP) is 3.99. The molecule has 124 valence electrons. The molecule has 1 aromatic carbocycles. The maximum absolute atomic E-state index is 12.5. The van der Waals surface area contributed by atoms with Crippen LogP contribution in [-0.2, 0) is 9.53 Å². The average molecular weight is 373 g/mol. The molecular formula is C16H18Cl2N2O2S. The first-order chi connectivity index (χ1) is 10.8.